The van der Waals surface area contributed by atoms with Gasteiger partial charge >= 0.3 is 0 Å². The predicted octanol–water partition coefficient (Wildman–Crippen LogP) is 2.00. The third-order valence-corrected chi connectivity index (χ3v) is 5.52. The van der Waals surface area contributed by atoms with E-state index in [2.05, 4.69) is 25.8 Å². The van der Waals surface area contributed by atoms with Crippen molar-refractivity contribution in [2.75, 3.05) is 6.26 Å². The van der Waals surface area contributed by atoms with Crippen molar-refractivity contribution in [3.8, 4) is 0 Å². The molecular formula is C11H20N2O2S2. The number of sulfone groups is 1. The summed E-state index contributed by atoms with van der Waals surface area (Å²) < 4.78 is 23.1. The maximum Gasteiger partial charge on any atom is 0.156 e. The molecule has 0 radical (unpaired) electrons. The SMILES string of the molecule is CC(c1nc(C(C)(C)C)c(CN)s1)S(C)(=O)=O. The molecule has 0 aliphatic rings. The molecule has 4 nitrogen and oxygen atoms in total. The van der Waals surface area contributed by atoms with Gasteiger partial charge in [-0.3, -0.25) is 0 Å². The first kappa shape index (κ1) is 14.6. The van der Waals surface area contributed by atoms with Crippen LogP contribution in [-0.4, -0.2) is 19.7 Å². The lowest BCUT2D eigenvalue weighted by atomic mass is 9.91. The van der Waals surface area contributed by atoms with Gasteiger partial charge in [-0.05, 0) is 6.92 Å². The average molecular weight is 276 g/mol. The van der Waals surface area contributed by atoms with E-state index < -0.39 is 15.1 Å². The van der Waals surface area contributed by atoms with Crippen LogP contribution in [0.4, 0.5) is 0 Å². The summed E-state index contributed by atoms with van der Waals surface area (Å²) in [4.78, 5) is 5.45. The molecule has 0 fully saturated rings. The smallest absolute Gasteiger partial charge is 0.156 e. The van der Waals surface area contributed by atoms with E-state index in [1.807, 2.05) is 0 Å². The molecule has 0 spiro atoms. The fourth-order valence-electron chi connectivity index (χ4n) is 1.45. The van der Waals surface area contributed by atoms with Crippen LogP contribution >= 0.6 is 11.3 Å². The third kappa shape index (κ3) is 3.26. The van der Waals surface area contributed by atoms with E-state index in [0.717, 1.165) is 10.6 Å². The number of thiazole rings is 1. The minimum absolute atomic E-state index is 0.110. The van der Waals surface area contributed by atoms with Crippen LogP contribution in [0.1, 0.15) is 48.5 Å². The molecule has 1 aromatic heterocycles. The van der Waals surface area contributed by atoms with Crippen molar-refractivity contribution in [3.63, 3.8) is 0 Å². The Morgan fingerprint density at radius 2 is 1.94 bits per heavy atom. The largest absolute Gasteiger partial charge is 0.326 e. The highest BCUT2D eigenvalue weighted by Crippen LogP contribution is 2.33. The van der Waals surface area contributed by atoms with E-state index in [4.69, 9.17) is 5.73 Å². The summed E-state index contributed by atoms with van der Waals surface area (Å²) in [6, 6.07) is 0. The molecule has 1 heterocycles. The number of hydrogen-bond donors (Lipinski definition) is 1. The van der Waals surface area contributed by atoms with E-state index >= 15 is 0 Å². The van der Waals surface area contributed by atoms with Crippen molar-refractivity contribution < 1.29 is 8.42 Å². The molecule has 98 valence electrons. The molecule has 2 N–H and O–H groups in total. The summed E-state index contributed by atoms with van der Waals surface area (Å²) in [5.41, 5.74) is 6.49. The average Bonchev–Trinajstić information content (AvgIpc) is 2.57. The van der Waals surface area contributed by atoms with Crippen LogP contribution < -0.4 is 5.73 Å². The zero-order valence-corrected chi connectivity index (χ0v) is 12.6. The van der Waals surface area contributed by atoms with Gasteiger partial charge in [0.25, 0.3) is 0 Å². The van der Waals surface area contributed by atoms with Gasteiger partial charge in [0.1, 0.15) is 10.3 Å². The maximum absolute atomic E-state index is 11.5. The van der Waals surface area contributed by atoms with E-state index in [-0.39, 0.29) is 5.41 Å². The number of nitrogens with two attached hydrogens (primary N) is 1. The zero-order chi connectivity index (χ0) is 13.4. The van der Waals surface area contributed by atoms with Gasteiger partial charge in [0.15, 0.2) is 9.84 Å². The van der Waals surface area contributed by atoms with Gasteiger partial charge < -0.3 is 5.73 Å². The minimum atomic E-state index is -3.11. The Hall–Kier alpha value is -0.460. The van der Waals surface area contributed by atoms with Crippen molar-refractivity contribution in [1.82, 2.24) is 4.98 Å². The second kappa shape index (κ2) is 4.66. The lowest BCUT2D eigenvalue weighted by molar-refractivity contribution is 0.562. The molecule has 1 atom stereocenters. The van der Waals surface area contributed by atoms with Crippen molar-refractivity contribution in [3.05, 3.63) is 15.6 Å². The standard InChI is InChI=1S/C11H20N2O2S2/c1-7(17(5,14)15)10-13-9(11(2,3)4)8(6-12)16-10/h7H,6,12H2,1-5H3. The van der Waals surface area contributed by atoms with E-state index in [9.17, 15) is 8.42 Å². The Balaban J connectivity index is 3.28. The van der Waals surface area contributed by atoms with E-state index in [0.29, 0.717) is 11.6 Å². The molecule has 0 aliphatic carbocycles. The Labute approximate surface area is 107 Å². The maximum atomic E-state index is 11.5. The van der Waals surface area contributed by atoms with Gasteiger partial charge in [0.2, 0.25) is 0 Å². The van der Waals surface area contributed by atoms with Crippen LogP contribution in [0.5, 0.6) is 0 Å². The molecular weight excluding hydrogens is 256 g/mol. The van der Waals surface area contributed by atoms with Crippen molar-refractivity contribution in [1.29, 1.82) is 0 Å². The first-order valence-corrected chi connectivity index (χ1v) is 8.23. The van der Waals surface area contributed by atoms with Crippen LogP contribution in [0, 0.1) is 0 Å². The molecule has 0 amide bonds. The van der Waals surface area contributed by atoms with Gasteiger partial charge in [-0.15, -0.1) is 11.3 Å². The Morgan fingerprint density at radius 1 is 1.41 bits per heavy atom. The Morgan fingerprint density at radius 3 is 2.24 bits per heavy atom. The number of rotatable bonds is 3. The van der Waals surface area contributed by atoms with Crippen LogP contribution in [-0.2, 0) is 21.8 Å². The van der Waals surface area contributed by atoms with Crippen molar-refractivity contribution in [2.45, 2.75) is 44.9 Å². The van der Waals surface area contributed by atoms with Crippen LogP contribution in [0.2, 0.25) is 0 Å². The molecule has 0 bridgehead atoms. The highest BCUT2D eigenvalue weighted by Gasteiger charge is 2.27. The molecule has 0 aromatic carbocycles. The second-order valence-corrected chi connectivity index (χ2v) is 8.73. The van der Waals surface area contributed by atoms with Crippen LogP contribution in [0.3, 0.4) is 0 Å². The van der Waals surface area contributed by atoms with Gasteiger partial charge in [-0.25, -0.2) is 13.4 Å². The number of hydrogen-bond acceptors (Lipinski definition) is 5. The van der Waals surface area contributed by atoms with Gasteiger partial charge in [0.05, 0.1) is 5.69 Å². The molecule has 0 aliphatic heterocycles. The highest BCUT2D eigenvalue weighted by molar-refractivity contribution is 7.91. The second-order valence-electron chi connectivity index (χ2n) is 5.25. The number of nitrogens with zero attached hydrogens (tertiary/aromatic N) is 1. The van der Waals surface area contributed by atoms with E-state index in [1.165, 1.54) is 17.6 Å². The molecule has 0 saturated heterocycles. The monoisotopic (exact) mass is 276 g/mol. The van der Waals surface area contributed by atoms with E-state index in [1.54, 1.807) is 6.92 Å². The fraction of sp³-hybridized carbons (Fsp3) is 0.727. The van der Waals surface area contributed by atoms with Gasteiger partial charge in [0, 0.05) is 23.1 Å². The van der Waals surface area contributed by atoms with Crippen molar-refractivity contribution in [2.24, 2.45) is 5.73 Å². The van der Waals surface area contributed by atoms with Crippen LogP contribution in [0.25, 0.3) is 0 Å². The molecule has 0 saturated carbocycles. The molecule has 1 aromatic rings. The summed E-state index contributed by atoms with van der Waals surface area (Å²) in [5, 5.41) is 0.0757. The summed E-state index contributed by atoms with van der Waals surface area (Å²) in [6.45, 7) is 8.23. The lowest BCUT2D eigenvalue weighted by Gasteiger charge is -2.17. The quantitative estimate of drug-likeness (QED) is 0.916. The molecule has 1 unspecified atom stereocenters. The summed E-state index contributed by atoms with van der Waals surface area (Å²) in [7, 11) is -3.11. The first-order chi connectivity index (χ1) is 7.57. The molecule has 17 heavy (non-hydrogen) atoms. The van der Waals surface area contributed by atoms with Crippen LogP contribution in [0.15, 0.2) is 0 Å². The first-order valence-electron chi connectivity index (χ1n) is 5.46. The normalized spacial score (nSPS) is 14.9. The zero-order valence-electron chi connectivity index (χ0n) is 10.9. The Kier molecular flexibility index (Phi) is 4.01. The summed E-state index contributed by atoms with van der Waals surface area (Å²) in [6.07, 6.45) is 1.23. The summed E-state index contributed by atoms with van der Waals surface area (Å²) >= 11 is 1.41. The number of aromatic nitrogens is 1. The Bertz CT molecular complexity index is 498. The minimum Gasteiger partial charge on any atom is -0.326 e. The molecule has 1 rings (SSSR count). The third-order valence-electron chi connectivity index (χ3n) is 2.60. The van der Waals surface area contributed by atoms with Gasteiger partial charge in [-0.2, -0.15) is 0 Å². The fourth-order valence-corrected chi connectivity index (χ4v) is 3.63. The summed E-state index contributed by atoms with van der Waals surface area (Å²) in [5.74, 6) is 0. The molecule has 6 heteroatoms. The topological polar surface area (TPSA) is 73.0 Å². The lowest BCUT2D eigenvalue weighted by Crippen LogP contribution is -2.16. The predicted molar refractivity (Wildman–Crippen MR) is 72.0 cm³/mol. The van der Waals surface area contributed by atoms with Crippen molar-refractivity contribution >= 4 is 21.2 Å². The highest BCUT2D eigenvalue weighted by atomic mass is 32.2. The van der Waals surface area contributed by atoms with Gasteiger partial charge in [-0.1, -0.05) is 20.8 Å².